The van der Waals surface area contributed by atoms with Crippen LogP contribution in [0.25, 0.3) is 22.5 Å². The molecular formula is C48H54N8O8. The SMILES string of the molecule is CN(C(=O)O)[C@H](C(=O)N1[C@@H]2C[C@@H]2C[C@H]1c1nc(-c2cccc(C#Cc3cccc(-c4c[nH]c([C@@H]5C[C@H]6C[C@H]6N5C(=O)[C@H](C5CCOCC5)N(C)C(=O)O)n4)c3)c2)c[nH]1)C1CCOCC1. The van der Waals surface area contributed by atoms with Crippen molar-refractivity contribution in [3.63, 3.8) is 0 Å². The summed E-state index contributed by atoms with van der Waals surface area (Å²) >= 11 is 0. The van der Waals surface area contributed by atoms with Gasteiger partial charge in [0, 0.05) is 87.3 Å². The van der Waals surface area contributed by atoms with Crippen LogP contribution in [0.15, 0.2) is 60.9 Å². The number of nitrogens with one attached hydrogen (secondary N) is 2. The van der Waals surface area contributed by atoms with E-state index in [0.29, 0.717) is 75.6 Å². The standard InChI is InChI=1S/C48H54N8O8/c1-53(47(59)60)41(29-11-15-63-16-12-29)45(57)55-37-21-33(37)23-39(55)43-49-25-35(51-43)31-7-3-5-27(19-31)9-10-28-6-4-8-32(20-28)36-26-50-44(52-36)40-24-34-22-38(34)56(40)46(58)42(54(2)48(61)62)30-13-17-64-18-14-30/h3-8,19-20,25-26,29-30,33-34,37-42H,11-18,21-24H2,1-2H3,(H,49,51)(H,50,52)(H,59,60)(H,61,62)/t33-,34-,37-,38-,39+,40+,41+,42+/m1/s1. The Morgan fingerprint density at radius 2 is 1.06 bits per heavy atom. The molecule has 4 aliphatic heterocycles. The minimum atomic E-state index is -1.11. The van der Waals surface area contributed by atoms with Crippen molar-refractivity contribution in [3.8, 4) is 34.4 Å². The van der Waals surface area contributed by atoms with Crippen LogP contribution in [-0.4, -0.2) is 138 Å². The largest absolute Gasteiger partial charge is 0.465 e. The Balaban J connectivity index is 0.834. The highest BCUT2D eigenvalue weighted by molar-refractivity contribution is 5.88. The van der Waals surface area contributed by atoms with Gasteiger partial charge < -0.3 is 39.5 Å². The van der Waals surface area contributed by atoms with E-state index in [-0.39, 0.29) is 47.8 Å². The molecule has 6 fully saturated rings. The van der Waals surface area contributed by atoms with Crippen molar-refractivity contribution in [2.45, 2.75) is 87.6 Å². The number of likely N-dealkylation sites (N-methyl/N-ethyl adjacent to an activating group) is 2. The second kappa shape index (κ2) is 17.1. The number of rotatable bonds is 10. The number of aromatic nitrogens is 4. The minimum Gasteiger partial charge on any atom is -0.465 e. The molecule has 0 unspecified atom stereocenters. The van der Waals surface area contributed by atoms with Crippen LogP contribution in [0.2, 0.25) is 0 Å². The van der Waals surface area contributed by atoms with Crippen molar-refractivity contribution in [1.82, 2.24) is 39.5 Å². The first-order valence-corrected chi connectivity index (χ1v) is 22.6. The Bertz CT molecular complexity index is 2330. The highest BCUT2D eigenvalue weighted by Gasteiger charge is 2.58. The number of benzene rings is 2. The fourth-order valence-corrected chi connectivity index (χ4v) is 11.0. The summed E-state index contributed by atoms with van der Waals surface area (Å²) in [6.07, 6.45) is 7.48. The molecule has 2 aromatic carbocycles. The summed E-state index contributed by atoms with van der Waals surface area (Å²) < 4.78 is 11.1. The number of hydrogen-bond acceptors (Lipinski definition) is 8. The van der Waals surface area contributed by atoms with Gasteiger partial charge in [-0.2, -0.15) is 0 Å². The maximum Gasteiger partial charge on any atom is 0.407 e. The molecule has 0 spiro atoms. The lowest BCUT2D eigenvalue weighted by Gasteiger charge is -2.38. The van der Waals surface area contributed by atoms with Gasteiger partial charge in [-0.15, -0.1) is 0 Å². The molecule has 6 heterocycles. The predicted molar refractivity (Wildman–Crippen MR) is 232 cm³/mol. The van der Waals surface area contributed by atoms with E-state index in [9.17, 15) is 29.4 Å². The molecule has 6 aliphatic rings. The molecule has 334 valence electrons. The van der Waals surface area contributed by atoms with E-state index in [2.05, 4.69) is 21.8 Å². The fraction of sp³-hybridized carbons (Fsp3) is 0.500. The molecule has 64 heavy (non-hydrogen) atoms. The first-order chi connectivity index (χ1) is 31.0. The van der Waals surface area contributed by atoms with E-state index in [4.69, 9.17) is 19.4 Å². The van der Waals surface area contributed by atoms with Crippen LogP contribution in [0.3, 0.4) is 0 Å². The Morgan fingerprint density at radius 1 is 0.656 bits per heavy atom. The van der Waals surface area contributed by atoms with Gasteiger partial charge >= 0.3 is 12.2 Å². The van der Waals surface area contributed by atoms with E-state index >= 15 is 0 Å². The molecule has 2 aromatic heterocycles. The van der Waals surface area contributed by atoms with Crippen LogP contribution in [0.4, 0.5) is 9.59 Å². The van der Waals surface area contributed by atoms with E-state index in [1.54, 1.807) is 0 Å². The number of imidazole rings is 2. The zero-order valence-electron chi connectivity index (χ0n) is 36.1. The van der Waals surface area contributed by atoms with Crippen molar-refractivity contribution < 1.29 is 38.9 Å². The lowest BCUT2D eigenvalue weighted by molar-refractivity contribution is -0.142. The topological polar surface area (TPSA) is 198 Å². The number of aromatic amines is 2. The quantitative estimate of drug-likeness (QED) is 0.137. The normalized spacial score (nSPS) is 26.0. The third kappa shape index (κ3) is 8.00. The van der Waals surface area contributed by atoms with Crippen molar-refractivity contribution in [3.05, 3.63) is 83.7 Å². The number of nitrogens with zero attached hydrogens (tertiary/aromatic N) is 6. The molecule has 4 aromatic rings. The summed E-state index contributed by atoms with van der Waals surface area (Å²) in [5, 5.41) is 19.9. The first kappa shape index (κ1) is 41.8. The molecule has 0 bridgehead atoms. The zero-order chi connectivity index (χ0) is 44.2. The molecule has 2 saturated carbocycles. The van der Waals surface area contributed by atoms with E-state index in [1.165, 1.54) is 23.9 Å². The molecular weight excluding hydrogens is 817 g/mol. The van der Waals surface area contributed by atoms with Gasteiger partial charge in [0.05, 0.1) is 23.5 Å². The number of carbonyl (C=O) groups is 4. The lowest BCUT2D eigenvalue weighted by Crippen LogP contribution is -2.54. The molecule has 2 aliphatic carbocycles. The monoisotopic (exact) mass is 870 g/mol. The van der Waals surface area contributed by atoms with Crippen molar-refractivity contribution >= 4 is 24.0 Å². The number of likely N-dealkylation sites (tertiary alicyclic amines) is 2. The van der Waals surface area contributed by atoms with Crippen molar-refractivity contribution in [2.75, 3.05) is 40.5 Å². The maximum absolute atomic E-state index is 14.3. The van der Waals surface area contributed by atoms with E-state index in [1.807, 2.05) is 70.7 Å². The Labute approximate surface area is 371 Å². The molecule has 4 N–H and O–H groups in total. The van der Waals surface area contributed by atoms with E-state index in [0.717, 1.165) is 59.3 Å². The first-order valence-electron chi connectivity index (χ1n) is 22.6. The molecule has 8 atom stereocenters. The van der Waals surface area contributed by atoms with Gasteiger partial charge in [0.1, 0.15) is 23.7 Å². The van der Waals surface area contributed by atoms with Gasteiger partial charge in [0.15, 0.2) is 0 Å². The predicted octanol–water partition coefficient (Wildman–Crippen LogP) is 6.00. The summed E-state index contributed by atoms with van der Waals surface area (Å²) in [5.41, 5.74) is 4.84. The van der Waals surface area contributed by atoms with Crippen LogP contribution in [0, 0.1) is 35.5 Å². The number of amides is 4. The molecule has 4 saturated heterocycles. The number of carboxylic acid groups (broad SMARTS) is 2. The average Bonchev–Trinajstić information content (AvgIpc) is 3.89. The fourth-order valence-electron chi connectivity index (χ4n) is 11.0. The Kier molecular flexibility index (Phi) is 11.2. The maximum atomic E-state index is 14.3. The second-order valence-electron chi connectivity index (χ2n) is 18.5. The molecule has 4 amide bonds. The van der Waals surface area contributed by atoms with Crippen LogP contribution in [0.1, 0.15) is 86.2 Å². The second-order valence-corrected chi connectivity index (χ2v) is 18.5. The highest BCUT2D eigenvalue weighted by Crippen LogP contribution is 2.55. The van der Waals surface area contributed by atoms with Crippen LogP contribution >= 0.6 is 0 Å². The number of carbonyl (C=O) groups excluding carboxylic acids is 2. The molecule has 16 nitrogen and oxygen atoms in total. The van der Waals surface area contributed by atoms with Crippen LogP contribution in [0.5, 0.6) is 0 Å². The Morgan fingerprint density at radius 3 is 1.45 bits per heavy atom. The molecule has 16 heteroatoms. The van der Waals surface area contributed by atoms with E-state index < -0.39 is 24.3 Å². The number of hydrogen-bond donors (Lipinski definition) is 4. The van der Waals surface area contributed by atoms with Gasteiger partial charge in [0.25, 0.3) is 0 Å². The number of H-pyrrole nitrogens is 2. The number of piperidine rings is 2. The smallest absolute Gasteiger partial charge is 0.407 e. The lowest BCUT2D eigenvalue weighted by atomic mass is 9.89. The summed E-state index contributed by atoms with van der Waals surface area (Å²) in [4.78, 5) is 75.8. The van der Waals surface area contributed by atoms with Gasteiger partial charge in [-0.3, -0.25) is 19.4 Å². The summed E-state index contributed by atoms with van der Waals surface area (Å²) in [5.74, 6) is 8.28. The summed E-state index contributed by atoms with van der Waals surface area (Å²) in [7, 11) is 2.99. The third-order valence-electron chi connectivity index (χ3n) is 14.6. The molecule has 0 radical (unpaired) electrons. The van der Waals surface area contributed by atoms with Gasteiger partial charge in [-0.1, -0.05) is 36.1 Å². The summed E-state index contributed by atoms with van der Waals surface area (Å²) in [6.45, 7) is 2.07. The number of ether oxygens (including phenoxy) is 2. The van der Waals surface area contributed by atoms with Gasteiger partial charge in [-0.25, -0.2) is 19.6 Å². The van der Waals surface area contributed by atoms with Crippen LogP contribution < -0.4 is 0 Å². The summed E-state index contributed by atoms with van der Waals surface area (Å²) in [6, 6.07) is 13.9. The average molecular weight is 871 g/mol. The van der Waals surface area contributed by atoms with Crippen LogP contribution in [-0.2, 0) is 19.1 Å². The van der Waals surface area contributed by atoms with Crippen molar-refractivity contribution in [1.29, 1.82) is 0 Å². The highest BCUT2D eigenvalue weighted by atomic mass is 16.5. The third-order valence-corrected chi connectivity index (χ3v) is 14.6. The van der Waals surface area contributed by atoms with Gasteiger partial charge in [-0.05, 0) is 99.3 Å². The van der Waals surface area contributed by atoms with Crippen molar-refractivity contribution in [2.24, 2.45) is 23.7 Å². The Hall–Kier alpha value is -6.18. The molecule has 10 rings (SSSR count). The minimum absolute atomic E-state index is 0.0938. The number of fused-ring (bicyclic) bond motifs is 2. The zero-order valence-corrected chi connectivity index (χ0v) is 36.1. The van der Waals surface area contributed by atoms with Gasteiger partial charge in [0.2, 0.25) is 11.8 Å².